The summed E-state index contributed by atoms with van der Waals surface area (Å²) in [5, 5.41) is 9.56. The number of aliphatic hydroxyl groups excluding tert-OH is 1. The number of unbranched alkanes of at least 4 members (excludes halogenated alkanes) is 24. The number of rotatable bonds is 36. The van der Waals surface area contributed by atoms with Gasteiger partial charge < -0.3 is 14.6 Å². The molecule has 1 atom stereocenters. The van der Waals surface area contributed by atoms with Crippen LogP contribution in [0, 0.1) is 0 Å². The highest BCUT2D eigenvalue weighted by Gasteiger charge is 2.13. The number of hydrogen-bond donors (Lipinski definition) is 1. The monoisotopic (exact) mass is 621 g/mol. The Bertz CT molecular complexity index is 614. The van der Waals surface area contributed by atoms with E-state index < -0.39 is 6.10 Å². The Kier molecular flexibility index (Phi) is 37.1. The normalized spacial score (nSPS) is 12.5. The molecule has 44 heavy (non-hydrogen) atoms. The Morgan fingerprint density at radius 1 is 0.523 bits per heavy atom. The second kappa shape index (κ2) is 38.1. The van der Waals surface area contributed by atoms with Gasteiger partial charge in [-0.25, -0.2) is 0 Å². The molecular formula is C40H76O4. The molecule has 0 amide bonds. The molecule has 0 rings (SSSR count). The third kappa shape index (κ3) is 35.4. The van der Waals surface area contributed by atoms with Gasteiger partial charge in [-0.1, -0.05) is 154 Å². The van der Waals surface area contributed by atoms with Crippen LogP contribution in [0.5, 0.6) is 0 Å². The first-order valence-electron chi connectivity index (χ1n) is 19.4. The minimum absolute atomic E-state index is 0.175. The van der Waals surface area contributed by atoms with Gasteiger partial charge in [0.15, 0.2) is 0 Å². The second-order valence-corrected chi connectivity index (χ2v) is 13.0. The van der Waals surface area contributed by atoms with E-state index in [0.717, 1.165) is 19.3 Å². The van der Waals surface area contributed by atoms with Crippen molar-refractivity contribution in [3.8, 4) is 0 Å². The first kappa shape index (κ1) is 42.9. The van der Waals surface area contributed by atoms with Crippen molar-refractivity contribution in [2.45, 2.75) is 206 Å². The maximum absolute atomic E-state index is 12.1. The smallest absolute Gasteiger partial charge is 0.306 e. The van der Waals surface area contributed by atoms with Crippen LogP contribution >= 0.6 is 0 Å². The first-order valence-corrected chi connectivity index (χ1v) is 19.4. The molecule has 0 saturated carbocycles. The molecular weight excluding hydrogens is 544 g/mol. The molecule has 0 spiro atoms. The zero-order valence-electron chi connectivity index (χ0n) is 29.7. The third-order valence-corrected chi connectivity index (χ3v) is 8.50. The van der Waals surface area contributed by atoms with Gasteiger partial charge in [-0.05, 0) is 64.2 Å². The fourth-order valence-electron chi connectivity index (χ4n) is 5.55. The van der Waals surface area contributed by atoms with Crippen molar-refractivity contribution in [3.05, 3.63) is 24.3 Å². The summed E-state index contributed by atoms with van der Waals surface area (Å²) in [6.45, 7) is 5.33. The molecule has 4 heteroatoms. The minimum atomic E-state index is -0.538. The maximum Gasteiger partial charge on any atom is 0.306 e. The molecule has 0 aliphatic heterocycles. The molecule has 0 aromatic rings. The molecule has 1 N–H and O–H groups in total. The van der Waals surface area contributed by atoms with E-state index in [1.54, 1.807) is 0 Å². The lowest BCUT2D eigenvalue weighted by molar-refractivity contribution is -0.154. The van der Waals surface area contributed by atoms with Crippen molar-refractivity contribution < 1.29 is 19.4 Å². The Morgan fingerprint density at radius 3 is 1.30 bits per heavy atom. The maximum atomic E-state index is 12.1. The Balaban J connectivity index is 3.45. The predicted molar refractivity (Wildman–Crippen MR) is 191 cm³/mol. The van der Waals surface area contributed by atoms with Crippen molar-refractivity contribution in [1.82, 2.24) is 0 Å². The summed E-state index contributed by atoms with van der Waals surface area (Å²) < 4.78 is 11.1. The van der Waals surface area contributed by atoms with Crippen LogP contribution in [-0.4, -0.2) is 37.0 Å². The van der Waals surface area contributed by atoms with Gasteiger partial charge in [-0.2, -0.15) is 0 Å². The quantitative estimate of drug-likeness (QED) is 0.0430. The van der Waals surface area contributed by atoms with Crippen molar-refractivity contribution in [1.29, 1.82) is 0 Å². The number of aliphatic hydroxyl groups is 1. The summed E-state index contributed by atoms with van der Waals surface area (Å²) in [5.41, 5.74) is 0. The largest absolute Gasteiger partial charge is 0.457 e. The lowest BCUT2D eigenvalue weighted by Gasteiger charge is -2.15. The summed E-state index contributed by atoms with van der Waals surface area (Å²) in [6, 6.07) is 0. The number of esters is 1. The van der Waals surface area contributed by atoms with Crippen LogP contribution in [0.25, 0.3) is 0 Å². The van der Waals surface area contributed by atoms with E-state index in [9.17, 15) is 9.90 Å². The van der Waals surface area contributed by atoms with Crippen molar-refractivity contribution in [2.24, 2.45) is 0 Å². The summed E-state index contributed by atoms with van der Waals surface area (Å²) in [5.74, 6) is -0.210. The molecule has 260 valence electrons. The average molecular weight is 621 g/mol. The van der Waals surface area contributed by atoms with Gasteiger partial charge in [0, 0.05) is 13.0 Å². The van der Waals surface area contributed by atoms with E-state index >= 15 is 0 Å². The Morgan fingerprint density at radius 2 is 0.886 bits per heavy atom. The minimum Gasteiger partial charge on any atom is -0.457 e. The fraction of sp³-hybridized carbons (Fsp3) is 0.875. The fourth-order valence-corrected chi connectivity index (χ4v) is 5.55. The highest BCUT2D eigenvalue weighted by Crippen LogP contribution is 2.12. The van der Waals surface area contributed by atoms with E-state index in [2.05, 4.69) is 38.2 Å². The molecule has 0 aromatic heterocycles. The molecule has 0 aromatic carbocycles. The highest BCUT2D eigenvalue weighted by atomic mass is 16.6. The highest BCUT2D eigenvalue weighted by molar-refractivity contribution is 5.69. The third-order valence-electron chi connectivity index (χ3n) is 8.50. The second-order valence-electron chi connectivity index (χ2n) is 13.0. The number of hydrogen-bond acceptors (Lipinski definition) is 4. The van der Waals surface area contributed by atoms with Crippen LogP contribution in [0.1, 0.15) is 200 Å². The molecule has 4 nitrogen and oxygen atoms in total. The van der Waals surface area contributed by atoms with Crippen LogP contribution in [0.2, 0.25) is 0 Å². The average Bonchev–Trinajstić information content (AvgIpc) is 3.03. The van der Waals surface area contributed by atoms with Gasteiger partial charge in [0.2, 0.25) is 0 Å². The van der Waals surface area contributed by atoms with Crippen LogP contribution in [0.15, 0.2) is 24.3 Å². The van der Waals surface area contributed by atoms with Crippen LogP contribution < -0.4 is 0 Å². The zero-order chi connectivity index (χ0) is 32.0. The van der Waals surface area contributed by atoms with E-state index in [1.165, 1.54) is 161 Å². The summed E-state index contributed by atoms with van der Waals surface area (Å²) >= 11 is 0. The number of ether oxygens (including phenoxy) is 2. The number of carbonyl (C=O) groups excluding carboxylic acids is 1. The predicted octanol–water partition coefficient (Wildman–Crippen LogP) is 12.4. The van der Waals surface area contributed by atoms with E-state index in [0.29, 0.717) is 19.6 Å². The SMILES string of the molecule is CCCCCCCC/C=C\CCCCCCCCOCC(CO)OC(=O)CCCCCCC/C=C\CCCCCCCCC. The van der Waals surface area contributed by atoms with E-state index in [4.69, 9.17) is 9.47 Å². The van der Waals surface area contributed by atoms with Crippen LogP contribution in [0.4, 0.5) is 0 Å². The molecule has 0 aliphatic rings. The summed E-state index contributed by atoms with van der Waals surface area (Å²) in [6.07, 6.45) is 45.0. The molecule has 1 unspecified atom stereocenters. The summed E-state index contributed by atoms with van der Waals surface area (Å²) in [7, 11) is 0. The van der Waals surface area contributed by atoms with E-state index in [1.807, 2.05) is 0 Å². The van der Waals surface area contributed by atoms with Gasteiger partial charge in [-0.3, -0.25) is 4.79 Å². The molecule has 0 fully saturated rings. The molecule has 0 radical (unpaired) electrons. The first-order chi connectivity index (χ1) is 21.7. The standard InChI is InChI=1S/C40H76O4/c1-3-5-7-9-11-13-15-17-19-21-23-25-27-29-31-33-35-40(42)44-39(37-41)38-43-36-34-32-30-28-26-24-22-20-18-16-14-12-10-8-6-4-2/h18-21,39,41H,3-17,22-38H2,1-2H3/b20-18-,21-19-. The Labute approximate surface area is 275 Å². The van der Waals surface area contributed by atoms with Crippen molar-refractivity contribution >= 4 is 5.97 Å². The number of allylic oxidation sites excluding steroid dienone is 4. The van der Waals surface area contributed by atoms with Gasteiger partial charge in [-0.15, -0.1) is 0 Å². The van der Waals surface area contributed by atoms with Crippen LogP contribution in [0.3, 0.4) is 0 Å². The lowest BCUT2D eigenvalue weighted by Crippen LogP contribution is -2.27. The zero-order valence-corrected chi connectivity index (χ0v) is 29.7. The van der Waals surface area contributed by atoms with Crippen molar-refractivity contribution in [2.75, 3.05) is 19.8 Å². The molecule has 0 heterocycles. The van der Waals surface area contributed by atoms with Gasteiger partial charge >= 0.3 is 5.97 Å². The molecule has 0 saturated heterocycles. The van der Waals surface area contributed by atoms with Gasteiger partial charge in [0.05, 0.1) is 13.2 Å². The molecule has 0 aliphatic carbocycles. The summed E-state index contributed by atoms with van der Waals surface area (Å²) in [4.78, 5) is 12.1. The molecule has 0 bridgehead atoms. The topological polar surface area (TPSA) is 55.8 Å². The van der Waals surface area contributed by atoms with Gasteiger partial charge in [0.1, 0.15) is 6.10 Å². The van der Waals surface area contributed by atoms with E-state index in [-0.39, 0.29) is 12.6 Å². The van der Waals surface area contributed by atoms with Gasteiger partial charge in [0.25, 0.3) is 0 Å². The Hall–Kier alpha value is -1.13. The number of carbonyl (C=O) groups is 1. The van der Waals surface area contributed by atoms with Crippen molar-refractivity contribution in [3.63, 3.8) is 0 Å². The lowest BCUT2D eigenvalue weighted by atomic mass is 10.1. The van der Waals surface area contributed by atoms with Crippen LogP contribution in [-0.2, 0) is 14.3 Å².